The smallest absolute Gasteiger partial charge is 0.272 e. The van der Waals surface area contributed by atoms with Crippen molar-refractivity contribution >= 4 is 11.8 Å². The molecule has 1 saturated heterocycles. The minimum atomic E-state index is -0.280. The van der Waals surface area contributed by atoms with Crippen LogP contribution in [0.2, 0.25) is 0 Å². The van der Waals surface area contributed by atoms with E-state index in [2.05, 4.69) is 25.7 Å². The van der Waals surface area contributed by atoms with Crippen molar-refractivity contribution in [2.24, 2.45) is 0 Å². The van der Waals surface area contributed by atoms with Gasteiger partial charge in [0.15, 0.2) is 5.69 Å². The van der Waals surface area contributed by atoms with E-state index < -0.39 is 0 Å². The molecule has 1 aliphatic heterocycles. The molecular formula is C16H25N5O3. The summed E-state index contributed by atoms with van der Waals surface area (Å²) in [5, 5.41) is 12.5. The number of nitrogens with one attached hydrogen (secondary N) is 3. The van der Waals surface area contributed by atoms with Gasteiger partial charge in [0.05, 0.1) is 19.8 Å². The van der Waals surface area contributed by atoms with Crippen molar-refractivity contribution in [3.63, 3.8) is 0 Å². The van der Waals surface area contributed by atoms with Crippen LogP contribution in [0.5, 0.6) is 0 Å². The van der Waals surface area contributed by atoms with Crippen LogP contribution in [0.4, 0.5) is 0 Å². The first-order valence-electron chi connectivity index (χ1n) is 8.65. The number of morpholine rings is 1. The van der Waals surface area contributed by atoms with Crippen LogP contribution in [0.25, 0.3) is 0 Å². The summed E-state index contributed by atoms with van der Waals surface area (Å²) in [7, 11) is 0. The lowest BCUT2D eigenvalue weighted by atomic mass is 9.96. The fourth-order valence-electron chi connectivity index (χ4n) is 3.15. The second-order valence-electron chi connectivity index (χ2n) is 6.22. The molecule has 8 heteroatoms. The van der Waals surface area contributed by atoms with Crippen molar-refractivity contribution in [3.8, 4) is 0 Å². The molecule has 0 unspecified atom stereocenters. The molecule has 0 spiro atoms. The fraction of sp³-hybridized carbons (Fsp3) is 0.688. The number of nitrogens with zero attached hydrogens (tertiary/aromatic N) is 2. The SMILES string of the molecule is O=C(CNC(=O)c1n[nH]c2c1CCCC2)NCCN1CCOCC1. The number of ether oxygens (including phenoxy) is 1. The van der Waals surface area contributed by atoms with Crippen molar-refractivity contribution in [2.45, 2.75) is 25.7 Å². The topological polar surface area (TPSA) is 99.3 Å². The van der Waals surface area contributed by atoms with Crippen LogP contribution in [-0.2, 0) is 22.4 Å². The quantitative estimate of drug-likeness (QED) is 0.649. The van der Waals surface area contributed by atoms with E-state index in [9.17, 15) is 9.59 Å². The van der Waals surface area contributed by atoms with E-state index in [1.807, 2.05) is 0 Å². The van der Waals surface area contributed by atoms with Crippen molar-refractivity contribution in [1.29, 1.82) is 0 Å². The summed E-state index contributed by atoms with van der Waals surface area (Å²) in [6.45, 7) is 4.65. The number of fused-ring (bicyclic) bond motifs is 1. The Hall–Kier alpha value is -1.93. The summed E-state index contributed by atoms with van der Waals surface area (Å²) in [6, 6.07) is 0. The van der Waals surface area contributed by atoms with Gasteiger partial charge in [0.25, 0.3) is 5.91 Å². The average molecular weight is 335 g/mol. The minimum absolute atomic E-state index is 0.0242. The summed E-state index contributed by atoms with van der Waals surface area (Å²) in [6.07, 6.45) is 4.02. The Morgan fingerprint density at radius 3 is 2.79 bits per heavy atom. The Bertz CT molecular complexity index is 580. The van der Waals surface area contributed by atoms with E-state index in [-0.39, 0.29) is 18.4 Å². The molecule has 2 heterocycles. The number of rotatable bonds is 6. The molecule has 1 aromatic rings. The summed E-state index contributed by atoms with van der Waals surface area (Å²) < 4.78 is 5.28. The number of aryl methyl sites for hydroxylation is 1. The van der Waals surface area contributed by atoms with Crippen LogP contribution in [0, 0.1) is 0 Å². The van der Waals surface area contributed by atoms with Gasteiger partial charge in [-0.1, -0.05) is 0 Å². The standard InChI is InChI=1S/C16H25N5O3/c22-14(17-5-6-21-7-9-24-10-8-21)11-18-16(23)15-12-3-1-2-4-13(12)19-20-15/h1-11H2,(H,17,22)(H,18,23)(H,19,20). The number of carbonyl (C=O) groups excluding carboxylic acids is 2. The Morgan fingerprint density at radius 1 is 1.17 bits per heavy atom. The highest BCUT2D eigenvalue weighted by Crippen LogP contribution is 2.21. The molecule has 1 fully saturated rings. The molecule has 2 amide bonds. The first-order chi connectivity index (χ1) is 11.7. The molecule has 0 atom stereocenters. The van der Waals surface area contributed by atoms with Crippen molar-refractivity contribution in [1.82, 2.24) is 25.7 Å². The predicted octanol–water partition coefficient (Wildman–Crippen LogP) is -0.533. The number of hydrogen-bond donors (Lipinski definition) is 3. The molecule has 2 aliphatic rings. The van der Waals surface area contributed by atoms with E-state index in [0.29, 0.717) is 12.2 Å². The second kappa shape index (κ2) is 8.25. The van der Waals surface area contributed by atoms with Crippen molar-refractivity contribution < 1.29 is 14.3 Å². The van der Waals surface area contributed by atoms with Gasteiger partial charge in [0.1, 0.15) is 0 Å². The number of H-pyrrole nitrogens is 1. The zero-order valence-electron chi connectivity index (χ0n) is 13.9. The molecular weight excluding hydrogens is 310 g/mol. The zero-order chi connectivity index (χ0) is 16.8. The number of carbonyl (C=O) groups is 2. The summed E-state index contributed by atoms with van der Waals surface area (Å²) in [5.74, 6) is -0.459. The Labute approximate surface area is 141 Å². The first kappa shape index (κ1) is 16.9. The Morgan fingerprint density at radius 2 is 1.96 bits per heavy atom. The van der Waals surface area contributed by atoms with Crippen LogP contribution >= 0.6 is 0 Å². The average Bonchev–Trinajstić information content (AvgIpc) is 3.05. The number of hydrogen-bond acceptors (Lipinski definition) is 5. The molecule has 0 saturated carbocycles. The van der Waals surface area contributed by atoms with Crippen LogP contribution in [0.15, 0.2) is 0 Å². The molecule has 132 valence electrons. The lowest BCUT2D eigenvalue weighted by molar-refractivity contribution is -0.120. The predicted molar refractivity (Wildman–Crippen MR) is 87.8 cm³/mol. The highest BCUT2D eigenvalue weighted by molar-refractivity contribution is 5.96. The maximum atomic E-state index is 12.2. The van der Waals surface area contributed by atoms with Gasteiger partial charge < -0.3 is 15.4 Å². The Kier molecular flexibility index (Phi) is 5.81. The third-order valence-electron chi connectivity index (χ3n) is 4.53. The van der Waals surface area contributed by atoms with Crippen LogP contribution < -0.4 is 10.6 Å². The molecule has 1 aromatic heterocycles. The molecule has 0 aromatic carbocycles. The fourth-order valence-corrected chi connectivity index (χ4v) is 3.15. The normalized spacial score (nSPS) is 18.0. The lowest BCUT2D eigenvalue weighted by Gasteiger charge is -2.26. The van der Waals surface area contributed by atoms with E-state index in [4.69, 9.17) is 4.74 Å². The third kappa shape index (κ3) is 4.33. The first-order valence-corrected chi connectivity index (χ1v) is 8.65. The van der Waals surface area contributed by atoms with E-state index in [1.54, 1.807) is 0 Å². The van der Waals surface area contributed by atoms with E-state index in [0.717, 1.165) is 69.8 Å². The largest absolute Gasteiger partial charge is 0.379 e. The monoisotopic (exact) mass is 335 g/mol. The van der Waals surface area contributed by atoms with Gasteiger partial charge in [0.2, 0.25) is 5.91 Å². The molecule has 0 radical (unpaired) electrons. The van der Waals surface area contributed by atoms with Gasteiger partial charge in [-0.25, -0.2) is 0 Å². The number of aromatic nitrogens is 2. The summed E-state index contributed by atoms with van der Waals surface area (Å²) >= 11 is 0. The minimum Gasteiger partial charge on any atom is -0.379 e. The van der Waals surface area contributed by atoms with Crippen molar-refractivity contribution in [2.75, 3.05) is 45.9 Å². The van der Waals surface area contributed by atoms with Gasteiger partial charge in [-0.2, -0.15) is 5.10 Å². The molecule has 3 N–H and O–H groups in total. The van der Waals surface area contributed by atoms with Crippen LogP contribution in [0.1, 0.15) is 34.6 Å². The maximum absolute atomic E-state index is 12.2. The van der Waals surface area contributed by atoms with Gasteiger partial charge in [-0.15, -0.1) is 0 Å². The molecule has 0 bridgehead atoms. The highest BCUT2D eigenvalue weighted by atomic mass is 16.5. The van der Waals surface area contributed by atoms with E-state index in [1.165, 1.54) is 0 Å². The van der Waals surface area contributed by atoms with Crippen molar-refractivity contribution in [3.05, 3.63) is 17.0 Å². The second-order valence-corrected chi connectivity index (χ2v) is 6.22. The zero-order valence-corrected chi connectivity index (χ0v) is 13.9. The molecule has 24 heavy (non-hydrogen) atoms. The molecule has 8 nitrogen and oxygen atoms in total. The number of amides is 2. The molecule has 1 aliphatic carbocycles. The van der Waals surface area contributed by atoms with Crippen LogP contribution in [-0.4, -0.2) is 72.8 Å². The summed E-state index contributed by atoms with van der Waals surface area (Å²) in [4.78, 5) is 26.3. The lowest BCUT2D eigenvalue weighted by Crippen LogP contribution is -2.43. The van der Waals surface area contributed by atoms with Gasteiger partial charge in [-0.05, 0) is 25.7 Å². The molecule has 3 rings (SSSR count). The highest BCUT2D eigenvalue weighted by Gasteiger charge is 2.21. The van der Waals surface area contributed by atoms with Crippen LogP contribution in [0.3, 0.4) is 0 Å². The van der Waals surface area contributed by atoms with Gasteiger partial charge >= 0.3 is 0 Å². The third-order valence-corrected chi connectivity index (χ3v) is 4.53. The maximum Gasteiger partial charge on any atom is 0.272 e. The van der Waals surface area contributed by atoms with Gasteiger partial charge in [0, 0.05) is 37.4 Å². The Balaban J connectivity index is 1.38. The number of aromatic amines is 1. The van der Waals surface area contributed by atoms with E-state index >= 15 is 0 Å². The van der Waals surface area contributed by atoms with Gasteiger partial charge in [-0.3, -0.25) is 19.6 Å². The summed E-state index contributed by atoms with van der Waals surface area (Å²) in [5.41, 5.74) is 2.50.